The summed E-state index contributed by atoms with van der Waals surface area (Å²) >= 11 is 0. The molecule has 4 N–H and O–H groups in total. The third kappa shape index (κ3) is 1.36. The van der Waals surface area contributed by atoms with E-state index in [0.717, 1.165) is 10.9 Å². The van der Waals surface area contributed by atoms with Gasteiger partial charge in [-0.15, -0.1) is 0 Å². The first-order valence-corrected chi connectivity index (χ1v) is 4.24. The highest BCUT2D eigenvalue weighted by molar-refractivity contribution is 5.83. The SMILES string of the molecule is N[C@H](C(=O)O)c1cc2ccccc2[nH]1. The highest BCUT2D eigenvalue weighted by atomic mass is 16.4. The van der Waals surface area contributed by atoms with Crippen molar-refractivity contribution in [3.8, 4) is 0 Å². The van der Waals surface area contributed by atoms with Crippen LogP contribution in [-0.2, 0) is 4.79 Å². The standard InChI is InChI=1S/C10H10N2O2/c11-9(10(13)14)8-5-6-3-1-2-4-7(6)12-8/h1-5,9,12H,11H2,(H,13,14)/t9-/m0/s1. The quantitative estimate of drug-likeness (QED) is 0.666. The fourth-order valence-corrected chi connectivity index (χ4v) is 1.40. The van der Waals surface area contributed by atoms with Gasteiger partial charge >= 0.3 is 5.97 Å². The Balaban J connectivity index is 2.50. The molecule has 0 unspecified atom stereocenters. The van der Waals surface area contributed by atoms with E-state index in [-0.39, 0.29) is 0 Å². The number of rotatable bonds is 2. The predicted molar refractivity (Wildman–Crippen MR) is 52.9 cm³/mol. The normalized spacial score (nSPS) is 12.9. The molecule has 0 fully saturated rings. The first kappa shape index (κ1) is 8.77. The number of aliphatic carboxylic acids is 1. The summed E-state index contributed by atoms with van der Waals surface area (Å²) in [6.45, 7) is 0. The van der Waals surface area contributed by atoms with Gasteiger partial charge < -0.3 is 15.8 Å². The molecule has 0 saturated heterocycles. The topological polar surface area (TPSA) is 79.1 Å². The first-order valence-electron chi connectivity index (χ1n) is 4.24. The fraction of sp³-hybridized carbons (Fsp3) is 0.100. The lowest BCUT2D eigenvalue weighted by atomic mass is 10.2. The van der Waals surface area contributed by atoms with E-state index in [4.69, 9.17) is 10.8 Å². The summed E-state index contributed by atoms with van der Waals surface area (Å²) in [6, 6.07) is 8.34. The largest absolute Gasteiger partial charge is 0.480 e. The average Bonchev–Trinajstić information content (AvgIpc) is 2.59. The van der Waals surface area contributed by atoms with Gasteiger partial charge in [-0.3, -0.25) is 4.79 Å². The lowest BCUT2D eigenvalue weighted by molar-refractivity contribution is -0.138. The van der Waals surface area contributed by atoms with Crippen LogP contribution in [0.5, 0.6) is 0 Å². The summed E-state index contributed by atoms with van der Waals surface area (Å²) in [7, 11) is 0. The van der Waals surface area contributed by atoms with E-state index in [9.17, 15) is 4.79 Å². The molecule has 1 aromatic carbocycles. The Bertz CT molecular complexity index is 443. The number of hydrogen-bond donors (Lipinski definition) is 3. The summed E-state index contributed by atoms with van der Waals surface area (Å²) in [4.78, 5) is 13.6. The highest BCUT2D eigenvalue weighted by Gasteiger charge is 2.15. The number of nitrogens with two attached hydrogens (primary N) is 1. The van der Waals surface area contributed by atoms with Gasteiger partial charge in [0.2, 0.25) is 0 Å². The minimum Gasteiger partial charge on any atom is -0.480 e. The zero-order valence-electron chi connectivity index (χ0n) is 7.40. The van der Waals surface area contributed by atoms with Crippen LogP contribution in [0.1, 0.15) is 11.7 Å². The number of carbonyl (C=O) groups is 1. The number of fused-ring (bicyclic) bond motifs is 1. The van der Waals surface area contributed by atoms with Crippen LogP contribution in [0.4, 0.5) is 0 Å². The van der Waals surface area contributed by atoms with E-state index in [2.05, 4.69) is 4.98 Å². The lowest BCUT2D eigenvalue weighted by Gasteiger charge is -2.01. The molecule has 0 saturated carbocycles. The van der Waals surface area contributed by atoms with Crippen molar-refractivity contribution < 1.29 is 9.90 Å². The molecule has 14 heavy (non-hydrogen) atoms. The van der Waals surface area contributed by atoms with E-state index in [0.29, 0.717) is 5.69 Å². The van der Waals surface area contributed by atoms with Crippen molar-refractivity contribution in [2.75, 3.05) is 0 Å². The van der Waals surface area contributed by atoms with E-state index in [1.807, 2.05) is 24.3 Å². The number of para-hydroxylation sites is 1. The van der Waals surface area contributed by atoms with Gasteiger partial charge in [-0.25, -0.2) is 0 Å². The zero-order chi connectivity index (χ0) is 10.1. The van der Waals surface area contributed by atoms with E-state index >= 15 is 0 Å². The van der Waals surface area contributed by atoms with E-state index in [1.165, 1.54) is 0 Å². The Morgan fingerprint density at radius 1 is 1.43 bits per heavy atom. The number of hydrogen-bond acceptors (Lipinski definition) is 2. The minimum absolute atomic E-state index is 0.527. The van der Waals surface area contributed by atoms with Crippen LogP contribution in [0.2, 0.25) is 0 Å². The molecule has 0 bridgehead atoms. The van der Waals surface area contributed by atoms with Crippen LogP contribution in [0.3, 0.4) is 0 Å². The number of aromatic nitrogens is 1. The van der Waals surface area contributed by atoms with Gasteiger partial charge in [0.15, 0.2) is 0 Å². The second-order valence-corrected chi connectivity index (χ2v) is 3.13. The van der Waals surface area contributed by atoms with Gasteiger partial charge in [-0.2, -0.15) is 0 Å². The molecule has 4 nitrogen and oxygen atoms in total. The molecule has 72 valence electrons. The van der Waals surface area contributed by atoms with Crippen molar-refractivity contribution in [2.45, 2.75) is 6.04 Å². The maximum atomic E-state index is 10.6. The summed E-state index contributed by atoms with van der Waals surface area (Å²) in [5.41, 5.74) is 6.90. The number of nitrogens with one attached hydrogen (secondary N) is 1. The Morgan fingerprint density at radius 3 is 2.79 bits per heavy atom. The second-order valence-electron chi connectivity index (χ2n) is 3.13. The monoisotopic (exact) mass is 190 g/mol. The number of benzene rings is 1. The van der Waals surface area contributed by atoms with Gasteiger partial charge in [-0.1, -0.05) is 18.2 Å². The molecule has 2 rings (SSSR count). The number of carboxylic acid groups (broad SMARTS) is 1. The molecule has 1 heterocycles. The Morgan fingerprint density at radius 2 is 2.14 bits per heavy atom. The predicted octanol–water partition coefficient (Wildman–Crippen LogP) is 1.25. The van der Waals surface area contributed by atoms with Crippen LogP contribution >= 0.6 is 0 Å². The van der Waals surface area contributed by atoms with E-state index < -0.39 is 12.0 Å². The van der Waals surface area contributed by atoms with Gasteiger partial charge in [0, 0.05) is 11.2 Å². The molecular formula is C10H10N2O2. The van der Waals surface area contributed by atoms with Crippen molar-refractivity contribution >= 4 is 16.9 Å². The molecule has 0 aliphatic heterocycles. The molecule has 1 atom stereocenters. The van der Waals surface area contributed by atoms with Gasteiger partial charge in [0.1, 0.15) is 6.04 Å². The average molecular weight is 190 g/mol. The molecule has 2 aromatic rings. The lowest BCUT2D eigenvalue weighted by Crippen LogP contribution is -2.20. The van der Waals surface area contributed by atoms with Gasteiger partial charge in [0.05, 0.1) is 0 Å². The third-order valence-corrected chi connectivity index (χ3v) is 2.15. The highest BCUT2D eigenvalue weighted by Crippen LogP contribution is 2.18. The van der Waals surface area contributed by atoms with Crippen molar-refractivity contribution in [3.05, 3.63) is 36.0 Å². The Kier molecular flexibility index (Phi) is 1.98. The molecule has 1 aromatic heterocycles. The Hall–Kier alpha value is -1.81. The molecule has 0 aliphatic rings. The molecule has 4 heteroatoms. The summed E-state index contributed by atoms with van der Waals surface area (Å²) in [5, 5.41) is 9.69. The van der Waals surface area contributed by atoms with Crippen molar-refractivity contribution in [3.63, 3.8) is 0 Å². The van der Waals surface area contributed by atoms with Gasteiger partial charge in [-0.05, 0) is 17.5 Å². The summed E-state index contributed by atoms with van der Waals surface area (Å²) in [5.74, 6) is -1.03. The van der Waals surface area contributed by atoms with Gasteiger partial charge in [0.25, 0.3) is 0 Å². The fourth-order valence-electron chi connectivity index (χ4n) is 1.40. The van der Waals surface area contributed by atoms with Crippen molar-refractivity contribution in [2.24, 2.45) is 5.73 Å². The first-order chi connectivity index (χ1) is 6.68. The smallest absolute Gasteiger partial charge is 0.326 e. The van der Waals surface area contributed by atoms with Crippen LogP contribution in [0.25, 0.3) is 10.9 Å². The maximum absolute atomic E-state index is 10.6. The molecular weight excluding hydrogens is 180 g/mol. The van der Waals surface area contributed by atoms with Crippen LogP contribution in [0.15, 0.2) is 30.3 Å². The van der Waals surface area contributed by atoms with Crippen LogP contribution in [0, 0.1) is 0 Å². The second kappa shape index (κ2) is 3.16. The van der Waals surface area contributed by atoms with E-state index in [1.54, 1.807) is 6.07 Å². The van der Waals surface area contributed by atoms with Crippen molar-refractivity contribution in [1.29, 1.82) is 0 Å². The minimum atomic E-state index is -1.03. The summed E-state index contributed by atoms with van der Waals surface area (Å²) < 4.78 is 0. The number of H-pyrrole nitrogens is 1. The van der Waals surface area contributed by atoms with Crippen LogP contribution in [-0.4, -0.2) is 16.1 Å². The number of aromatic amines is 1. The third-order valence-electron chi connectivity index (χ3n) is 2.15. The molecule has 0 amide bonds. The Labute approximate surface area is 80.3 Å². The zero-order valence-corrected chi connectivity index (χ0v) is 7.40. The molecule has 0 radical (unpaired) electrons. The molecule has 0 aliphatic carbocycles. The molecule has 0 spiro atoms. The van der Waals surface area contributed by atoms with Crippen LogP contribution < -0.4 is 5.73 Å². The van der Waals surface area contributed by atoms with Crippen molar-refractivity contribution in [1.82, 2.24) is 4.98 Å². The maximum Gasteiger partial charge on any atom is 0.326 e. The number of carboxylic acids is 1. The summed E-state index contributed by atoms with van der Waals surface area (Å²) in [6.07, 6.45) is 0.